The molecule has 0 bridgehead atoms. The van der Waals surface area contributed by atoms with Crippen LogP contribution >= 0.6 is 11.6 Å². The van der Waals surface area contributed by atoms with E-state index in [1.807, 2.05) is 27.7 Å². The molecule has 0 aliphatic rings. The Morgan fingerprint density at radius 1 is 1.25 bits per heavy atom. The molecule has 0 radical (unpaired) electrons. The van der Waals surface area contributed by atoms with Crippen LogP contribution in [0.25, 0.3) is 0 Å². The summed E-state index contributed by atoms with van der Waals surface area (Å²) < 4.78 is 0. The van der Waals surface area contributed by atoms with Gasteiger partial charge in [0, 0.05) is 12.1 Å². The van der Waals surface area contributed by atoms with Gasteiger partial charge >= 0.3 is 0 Å². The second-order valence-corrected chi connectivity index (χ2v) is 4.93. The number of hydrogen-bond acceptors (Lipinski definition) is 4. The number of anilines is 1. The van der Waals surface area contributed by atoms with Crippen LogP contribution < -0.4 is 5.32 Å². The van der Waals surface area contributed by atoms with E-state index in [9.17, 15) is 0 Å². The van der Waals surface area contributed by atoms with Crippen LogP contribution in [0.5, 0.6) is 0 Å². The van der Waals surface area contributed by atoms with Crippen molar-refractivity contribution < 1.29 is 5.11 Å². The summed E-state index contributed by atoms with van der Waals surface area (Å²) in [6.07, 6.45) is 0.649. The molecule has 0 saturated heterocycles. The smallest absolute Gasteiger partial charge is 0.155 e. The van der Waals surface area contributed by atoms with Gasteiger partial charge < -0.3 is 10.4 Å². The van der Waals surface area contributed by atoms with Crippen molar-refractivity contribution in [2.24, 2.45) is 0 Å². The highest BCUT2D eigenvalue weighted by Crippen LogP contribution is 2.24. The minimum atomic E-state index is -0.214. The molecular formula is C11H18ClN3O. The standard InChI is InChI=1S/C11H18ClN3O/c1-7-8(2)10(15-14-9(7)12)13-11(3,4)5-6-16/h16H,5-6H2,1-4H3,(H,13,15). The van der Waals surface area contributed by atoms with Crippen LogP contribution in [0.2, 0.25) is 5.15 Å². The normalized spacial score (nSPS) is 11.6. The summed E-state index contributed by atoms with van der Waals surface area (Å²) in [4.78, 5) is 0. The number of aliphatic hydroxyl groups is 1. The summed E-state index contributed by atoms with van der Waals surface area (Å²) in [5.74, 6) is 0.723. The maximum absolute atomic E-state index is 8.95. The molecule has 0 fully saturated rings. The molecular weight excluding hydrogens is 226 g/mol. The topological polar surface area (TPSA) is 58.0 Å². The van der Waals surface area contributed by atoms with Gasteiger partial charge in [-0.05, 0) is 45.2 Å². The second-order valence-electron chi connectivity index (χ2n) is 4.57. The minimum Gasteiger partial charge on any atom is -0.396 e. The van der Waals surface area contributed by atoms with E-state index in [-0.39, 0.29) is 12.1 Å². The number of rotatable bonds is 4. The Morgan fingerprint density at radius 3 is 2.44 bits per heavy atom. The number of nitrogens with one attached hydrogen (secondary N) is 1. The molecule has 0 unspecified atom stereocenters. The van der Waals surface area contributed by atoms with Gasteiger partial charge in [-0.2, -0.15) is 0 Å². The largest absolute Gasteiger partial charge is 0.396 e. The first-order valence-electron chi connectivity index (χ1n) is 5.26. The highest BCUT2D eigenvalue weighted by Gasteiger charge is 2.19. The molecule has 0 saturated carbocycles. The quantitative estimate of drug-likeness (QED) is 0.852. The van der Waals surface area contributed by atoms with Crippen molar-refractivity contribution in [1.29, 1.82) is 0 Å². The average Bonchev–Trinajstić information content (AvgIpc) is 2.19. The summed E-state index contributed by atoms with van der Waals surface area (Å²) in [6, 6.07) is 0. The third kappa shape index (κ3) is 3.06. The molecule has 1 rings (SSSR count). The summed E-state index contributed by atoms with van der Waals surface area (Å²) in [5.41, 5.74) is 1.71. The molecule has 0 aromatic carbocycles. The molecule has 0 spiro atoms. The van der Waals surface area contributed by atoms with E-state index < -0.39 is 0 Å². The number of nitrogens with zero attached hydrogens (tertiary/aromatic N) is 2. The monoisotopic (exact) mass is 243 g/mol. The lowest BCUT2D eigenvalue weighted by Gasteiger charge is -2.26. The second kappa shape index (κ2) is 4.97. The van der Waals surface area contributed by atoms with Gasteiger partial charge in [-0.3, -0.25) is 0 Å². The van der Waals surface area contributed by atoms with Crippen molar-refractivity contribution in [2.75, 3.05) is 11.9 Å². The summed E-state index contributed by atoms with van der Waals surface area (Å²) in [7, 11) is 0. The van der Waals surface area contributed by atoms with Gasteiger partial charge in [0.1, 0.15) is 0 Å². The number of aliphatic hydroxyl groups excluding tert-OH is 1. The van der Waals surface area contributed by atoms with Crippen LogP contribution in [0, 0.1) is 13.8 Å². The zero-order valence-corrected chi connectivity index (χ0v) is 10.9. The Bertz CT molecular complexity index is 380. The van der Waals surface area contributed by atoms with E-state index in [1.54, 1.807) is 0 Å². The summed E-state index contributed by atoms with van der Waals surface area (Å²) in [5, 5.41) is 20.6. The molecule has 0 aliphatic carbocycles. The first-order chi connectivity index (χ1) is 7.37. The predicted molar refractivity (Wildman–Crippen MR) is 65.9 cm³/mol. The lowest BCUT2D eigenvalue weighted by atomic mass is 10.0. The lowest BCUT2D eigenvalue weighted by molar-refractivity contribution is 0.260. The van der Waals surface area contributed by atoms with E-state index in [1.165, 1.54) is 0 Å². The van der Waals surface area contributed by atoms with Crippen molar-refractivity contribution in [3.8, 4) is 0 Å². The van der Waals surface area contributed by atoms with Gasteiger partial charge in [0.05, 0.1) is 0 Å². The Hall–Kier alpha value is -0.870. The average molecular weight is 244 g/mol. The molecule has 5 heteroatoms. The van der Waals surface area contributed by atoms with Crippen molar-refractivity contribution in [3.05, 3.63) is 16.3 Å². The maximum atomic E-state index is 8.95. The highest BCUT2D eigenvalue weighted by molar-refractivity contribution is 6.30. The number of aromatic nitrogens is 2. The van der Waals surface area contributed by atoms with Gasteiger partial charge in [0.2, 0.25) is 0 Å². The van der Waals surface area contributed by atoms with Gasteiger partial charge in [-0.1, -0.05) is 11.6 Å². The third-order valence-electron chi connectivity index (χ3n) is 2.66. The fraction of sp³-hybridized carbons (Fsp3) is 0.636. The van der Waals surface area contributed by atoms with Crippen LogP contribution in [0.1, 0.15) is 31.4 Å². The van der Waals surface area contributed by atoms with E-state index in [4.69, 9.17) is 16.7 Å². The van der Waals surface area contributed by atoms with Crippen LogP contribution in [-0.2, 0) is 0 Å². The summed E-state index contributed by atoms with van der Waals surface area (Å²) >= 11 is 5.88. The van der Waals surface area contributed by atoms with Crippen LogP contribution in [0.4, 0.5) is 5.82 Å². The molecule has 0 atom stereocenters. The van der Waals surface area contributed by atoms with Crippen molar-refractivity contribution in [1.82, 2.24) is 10.2 Å². The van der Waals surface area contributed by atoms with Gasteiger partial charge in [-0.15, -0.1) is 10.2 Å². The predicted octanol–water partition coefficient (Wildman–Crippen LogP) is 2.32. The molecule has 16 heavy (non-hydrogen) atoms. The van der Waals surface area contributed by atoms with Crippen LogP contribution in [0.15, 0.2) is 0 Å². The lowest BCUT2D eigenvalue weighted by Crippen LogP contribution is -2.33. The number of hydrogen-bond donors (Lipinski definition) is 2. The van der Waals surface area contributed by atoms with Gasteiger partial charge in [-0.25, -0.2) is 0 Å². The molecule has 1 aromatic heterocycles. The molecule has 1 aromatic rings. The molecule has 90 valence electrons. The Balaban J connectivity index is 2.94. The Labute approximate surface area is 101 Å². The molecule has 0 amide bonds. The summed E-state index contributed by atoms with van der Waals surface area (Å²) in [6.45, 7) is 8.02. The van der Waals surface area contributed by atoms with Gasteiger partial charge in [0.15, 0.2) is 11.0 Å². The Kier molecular flexibility index (Phi) is 4.10. The Morgan fingerprint density at radius 2 is 1.88 bits per heavy atom. The molecule has 4 nitrogen and oxygen atoms in total. The van der Waals surface area contributed by atoms with Gasteiger partial charge in [0.25, 0.3) is 0 Å². The first-order valence-corrected chi connectivity index (χ1v) is 5.63. The highest BCUT2D eigenvalue weighted by atomic mass is 35.5. The van der Waals surface area contributed by atoms with Crippen molar-refractivity contribution in [3.63, 3.8) is 0 Å². The SMILES string of the molecule is Cc1c(Cl)nnc(NC(C)(C)CCO)c1C. The number of halogens is 1. The third-order valence-corrected chi connectivity index (χ3v) is 3.02. The molecule has 0 aliphatic heterocycles. The zero-order valence-electron chi connectivity index (χ0n) is 10.1. The molecule has 2 N–H and O–H groups in total. The van der Waals surface area contributed by atoms with E-state index >= 15 is 0 Å². The van der Waals surface area contributed by atoms with E-state index in [0.29, 0.717) is 11.6 Å². The fourth-order valence-corrected chi connectivity index (χ4v) is 1.54. The fourth-order valence-electron chi connectivity index (χ4n) is 1.36. The van der Waals surface area contributed by atoms with E-state index in [2.05, 4.69) is 15.5 Å². The van der Waals surface area contributed by atoms with Crippen LogP contribution in [-0.4, -0.2) is 27.4 Å². The van der Waals surface area contributed by atoms with Crippen molar-refractivity contribution in [2.45, 2.75) is 39.7 Å². The first kappa shape index (κ1) is 13.2. The minimum absolute atomic E-state index is 0.138. The van der Waals surface area contributed by atoms with Crippen LogP contribution in [0.3, 0.4) is 0 Å². The molecule has 1 heterocycles. The zero-order chi connectivity index (χ0) is 12.3. The van der Waals surface area contributed by atoms with Crippen molar-refractivity contribution >= 4 is 17.4 Å². The van der Waals surface area contributed by atoms with E-state index in [0.717, 1.165) is 16.9 Å². The maximum Gasteiger partial charge on any atom is 0.155 e.